The number of alkyl halides is 2. The summed E-state index contributed by atoms with van der Waals surface area (Å²) in [4.78, 5) is 11.5. The van der Waals surface area contributed by atoms with Crippen molar-refractivity contribution in [3.8, 4) is 0 Å². The van der Waals surface area contributed by atoms with E-state index >= 15 is 0 Å². The van der Waals surface area contributed by atoms with E-state index < -0.39 is 17.9 Å². The Labute approximate surface area is 136 Å². The summed E-state index contributed by atoms with van der Waals surface area (Å²) >= 11 is 0. The minimum absolute atomic E-state index is 0. The van der Waals surface area contributed by atoms with Crippen molar-refractivity contribution in [3.05, 3.63) is 33.4 Å². The number of carbonyl (C=O) groups is 1. The molecule has 0 aromatic heterocycles. The predicted molar refractivity (Wildman–Crippen MR) is 85.9 cm³/mol. The highest BCUT2D eigenvalue weighted by Gasteiger charge is 2.48. The molecule has 0 spiro atoms. The molecule has 0 unspecified atom stereocenters. The first kappa shape index (κ1) is 20.8. The monoisotopic (exact) mass is 335 g/mol. The summed E-state index contributed by atoms with van der Waals surface area (Å²) in [6.45, 7) is 10.6. The molecule has 6 heteroatoms. The van der Waals surface area contributed by atoms with Crippen molar-refractivity contribution in [2.45, 2.75) is 53.5 Å². The predicted octanol–water partition coefficient (Wildman–Crippen LogP) is 3.85. The maximum atomic E-state index is 14.2. The van der Waals surface area contributed by atoms with E-state index in [0.717, 1.165) is 16.7 Å². The van der Waals surface area contributed by atoms with Gasteiger partial charge in [0.25, 0.3) is 0 Å². The molecule has 22 heavy (non-hydrogen) atoms. The summed E-state index contributed by atoms with van der Waals surface area (Å²) in [6.07, 6.45) is 0. The Balaban J connectivity index is 0.00000441. The maximum absolute atomic E-state index is 14.2. The largest absolute Gasteiger partial charge is 0.462 e. The van der Waals surface area contributed by atoms with Crippen LogP contribution < -0.4 is 5.73 Å². The zero-order chi connectivity index (χ0) is 16.5. The van der Waals surface area contributed by atoms with Crippen molar-refractivity contribution in [2.24, 2.45) is 5.73 Å². The van der Waals surface area contributed by atoms with Gasteiger partial charge in [-0.15, -0.1) is 12.4 Å². The van der Waals surface area contributed by atoms with Crippen LogP contribution in [0.4, 0.5) is 8.78 Å². The van der Waals surface area contributed by atoms with Crippen LogP contribution in [0.3, 0.4) is 0 Å². The van der Waals surface area contributed by atoms with Gasteiger partial charge in [0, 0.05) is 0 Å². The van der Waals surface area contributed by atoms with Gasteiger partial charge in [-0.05, 0) is 74.9 Å². The van der Waals surface area contributed by atoms with Crippen molar-refractivity contribution in [3.63, 3.8) is 0 Å². The first-order valence-corrected chi connectivity index (χ1v) is 6.94. The maximum Gasteiger partial charge on any atom is 0.379 e. The molecule has 0 amide bonds. The second-order valence-electron chi connectivity index (χ2n) is 5.36. The van der Waals surface area contributed by atoms with Gasteiger partial charge < -0.3 is 10.5 Å². The van der Waals surface area contributed by atoms with Gasteiger partial charge in [-0.2, -0.15) is 8.78 Å². The summed E-state index contributed by atoms with van der Waals surface area (Å²) in [5.74, 6) is -5.33. The molecule has 0 bridgehead atoms. The third-order valence-electron chi connectivity index (χ3n) is 4.31. The molecular formula is C16H24ClF2NO2. The molecule has 0 heterocycles. The number of hydrogen-bond acceptors (Lipinski definition) is 3. The van der Waals surface area contributed by atoms with Gasteiger partial charge in [-0.1, -0.05) is 0 Å². The van der Waals surface area contributed by atoms with Crippen LogP contribution in [0.1, 0.15) is 46.3 Å². The molecular weight excluding hydrogens is 312 g/mol. The second-order valence-corrected chi connectivity index (χ2v) is 5.36. The van der Waals surface area contributed by atoms with E-state index in [1.807, 2.05) is 20.8 Å². The molecule has 0 fully saturated rings. The van der Waals surface area contributed by atoms with Crippen molar-refractivity contribution < 1.29 is 18.3 Å². The molecule has 1 aromatic carbocycles. The van der Waals surface area contributed by atoms with Crippen molar-refractivity contribution in [1.29, 1.82) is 0 Å². The van der Waals surface area contributed by atoms with E-state index in [2.05, 4.69) is 4.74 Å². The van der Waals surface area contributed by atoms with Gasteiger partial charge in [0.15, 0.2) is 0 Å². The topological polar surface area (TPSA) is 52.3 Å². The second kappa shape index (κ2) is 7.38. The SMILES string of the molecule is CCOC(=O)C(F)(F)[C@H](N)c1c(C)c(C)c(C)c(C)c1C.Cl. The van der Waals surface area contributed by atoms with Gasteiger partial charge in [-0.3, -0.25) is 0 Å². The fraction of sp³-hybridized carbons (Fsp3) is 0.562. The molecule has 1 rings (SSSR count). The summed E-state index contributed by atoms with van der Waals surface area (Å²) in [7, 11) is 0. The average Bonchev–Trinajstić information content (AvgIpc) is 2.43. The molecule has 1 atom stereocenters. The van der Waals surface area contributed by atoms with Gasteiger partial charge in [0.2, 0.25) is 0 Å². The third kappa shape index (κ3) is 3.41. The van der Waals surface area contributed by atoms with Crippen LogP contribution in [0.25, 0.3) is 0 Å². The molecule has 0 aliphatic heterocycles. The van der Waals surface area contributed by atoms with E-state index in [9.17, 15) is 13.6 Å². The fourth-order valence-electron chi connectivity index (χ4n) is 2.53. The summed E-state index contributed by atoms with van der Waals surface area (Å²) in [5.41, 5.74) is 10.4. The normalized spacial score (nSPS) is 12.6. The standard InChI is InChI=1S/C16H23F2NO2.ClH/c1-7-21-15(20)16(17,18)14(19)13-11(5)9(3)8(2)10(4)12(13)6;/h14H,7,19H2,1-6H3;1H/t14-;/m1./s1. The number of ether oxygens (including phenoxy) is 1. The van der Waals surface area contributed by atoms with Gasteiger partial charge in [0.1, 0.15) is 6.04 Å². The molecule has 2 N–H and O–H groups in total. The van der Waals surface area contributed by atoms with Gasteiger partial charge >= 0.3 is 11.9 Å². The molecule has 1 aromatic rings. The number of carbonyl (C=O) groups excluding carboxylic acids is 1. The lowest BCUT2D eigenvalue weighted by molar-refractivity contribution is -0.174. The number of hydrogen-bond donors (Lipinski definition) is 1. The van der Waals surface area contributed by atoms with E-state index in [-0.39, 0.29) is 19.0 Å². The minimum Gasteiger partial charge on any atom is -0.462 e. The molecule has 0 saturated carbocycles. The Morgan fingerprint density at radius 2 is 1.41 bits per heavy atom. The Hall–Kier alpha value is -1.20. The highest BCUT2D eigenvalue weighted by molar-refractivity contribution is 5.85. The Morgan fingerprint density at radius 1 is 1.05 bits per heavy atom. The van der Waals surface area contributed by atoms with E-state index in [4.69, 9.17) is 5.73 Å². The molecule has 126 valence electrons. The van der Waals surface area contributed by atoms with Crippen molar-refractivity contribution in [2.75, 3.05) is 6.61 Å². The Kier molecular flexibility index (Phi) is 6.97. The molecule has 0 saturated heterocycles. The van der Waals surface area contributed by atoms with Crippen LogP contribution in [0.5, 0.6) is 0 Å². The van der Waals surface area contributed by atoms with Crippen LogP contribution in [-0.2, 0) is 9.53 Å². The van der Waals surface area contributed by atoms with Crippen LogP contribution in [0, 0.1) is 34.6 Å². The molecule has 0 aliphatic carbocycles. The number of rotatable bonds is 4. The Morgan fingerprint density at radius 3 is 1.77 bits per heavy atom. The molecule has 0 aliphatic rings. The third-order valence-corrected chi connectivity index (χ3v) is 4.31. The number of halogens is 3. The van der Waals surface area contributed by atoms with Crippen LogP contribution in [-0.4, -0.2) is 18.5 Å². The molecule has 3 nitrogen and oxygen atoms in total. The highest BCUT2D eigenvalue weighted by Crippen LogP contribution is 2.37. The van der Waals surface area contributed by atoms with Crippen molar-refractivity contribution >= 4 is 18.4 Å². The minimum atomic E-state index is -3.75. The quantitative estimate of drug-likeness (QED) is 0.850. The van der Waals surface area contributed by atoms with E-state index in [0.29, 0.717) is 16.7 Å². The van der Waals surface area contributed by atoms with E-state index in [1.54, 1.807) is 13.8 Å². The zero-order valence-electron chi connectivity index (χ0n) is 13.8. The summed E-state index contributed by atoms with van der Waals surface area (Å²) in [6, 6.07) is -1.71. The van der Waals surface area contributed by atoms with Crippen LogP contribution >= 0.6 is 12.4 Å². The lowest BCUT2D eigenvalue weighted by Gasteiger charge is -2.27. The molecule has 0 radical (unpaired) electrons. The summed E-state index contributed by atoms with van der Waals surface area (Å²) in [5, 5.41) is 0. The van der Waals surface area contributed by atoms with E-state index in [1.165, 1.54) is 6.92 Å². The smallest absolute Gasteiger partial charge is 0.379 e. The number of benzene rings is 1. The highest BCUT2D eigenvalue weighted by atomic mass is 35.5. The average molecular weight is 336 g/mol. The number of nitrogens with two attached hydrogens (primary N) is 1. The number of esters is 1. The first-order valence-electron chi connectivity index (χ1n) is 6.94. The van der Waals surface area contributed by atoms with Crippen LogP contribution in [0.15, 0.2) is 0 Å². The van der Waals surface area contributed by atoms with Crippen LogP contribution in [0.2, 0.25) is 0 Å². The first-order chi connectivity index (χ1) is 9.57. The van der Waals surface area contributed by atoms with Crippen molar-refractivity contribution in [1.82, 2.24) is 0 Å². The fourth-order valence-corrected chi connectivity index (χ4v) is 2.53. The Bertz CT molecular complexity index is 545. The zero-order valence-corrected chi connectivity index (χ0v) is 14.7. The summed E-state index contributed by atoms with van der Waals surface area (Å²) < 4.78 is 32.9. The lowest BCUT2D eigenvalue weighted by Crippen LogP contribution is -2.42. The lowest BCUT2D eigenvalue weighted by atomic mass is 9.84. The van der Waals surface area contributed by atoms with Gasteiger partial charge in [-0.25, -0.2) is 4.79 Å². The van der Waals surface area contributed by atoms with Gasteiger partial charge in [0.05, 0.1) is 6.61 Å².